The minimum atomic E-state index is -5.99. The Morgan fingerprint density at radius 1 is 1.34 bits per heavy atom. The van der Waals surface area contributed by atoms with Gasteiger partial charge in [-0.2, -0.15) is 18.4 Å². The number of hydrogen-bond acceptors (Lipinski definition) is 5. The number of fused-ring (bicyclic) bond motifs is 1. The fourth-order valence-corrected chi connectivity index (χ4v) is 4.70. The molecular weight excluding hydrogens is 467 g/mol. The first-order valence-corrected chi connectivity index (χ1v) is 10.7. The summed E-state index contributed by atoms with van der Waals surface area (Å²) >= 11 is 0. The maximum absolute atomic E-state index is 14.3. The Hall–Kier alpha value is -2.84. The van der Waals surface area contributed by atoms with Crippen molar-refractivity contribution in [3.05, 3.63) is 0 Å². The molecule has 1 saturated carbocycles. The number of carbonyl (C=O) groups excluding carboxylic acids is 4. The summed E-state index contributed by atoms with van der Waals surface area (Å²) in [5.74, 6) is -10.2. The first kappa shape index (κ1) is 15.3. The lowest BCUT2D eigenvalue weighted by molar-refractivity contribution is -0.176. The van der Waals surface area contributed by atoms with Crippen molar-refractivity contribution < 1.29 is 47.4 Å². The number of amides is 4. The van der Waals surface area contributed by atoms with Crippen molar-refractivity contribution in [2.24, 2.45) is 28.6 Å². The quantitative estimate of drug-likeness (QED) is 0.492. The molecule has 3 rings (SSSR count). The van der Waals surface area contributed by atoms with Gasteiger partial charge in [0.2, 0.25) is 17.7 Å². The minimum Gasteiger partial charge on any atom is -0.356 e. The molecule has 0 spiro atoms. The number of alkyl halides is 3. The Morgan fingerprint density at radius 3 is 2.51 bits per heavy atom. The van der Waals surface area contributed by atoms with Crippen molar-refractivity contribution >= 4 is 23.6 Å². The van der Waals surface area contributed by atoms with Gasteiger partial charge in [0.05, 0.1) is 8.81 Å². The van der Waals surface area contributed by atoms with Gasteiger partial charge in [0.1, 0.15) is 18.1 Å². The van der Waals surface area contributed by atoms with E-state index in [1.54, 1.807) is 19.9 Å². The van der Waals surface area contributed by atoms with Crippen LogP contribution in [0.3, 0.4) is 0 Å². The largest absolute Gasteiger partial charge is 0.471 e. The zero-order valence-electron chi connectivity index (χ0n) is 29.8. The third kappa shape index (κ3) is 5.23. The van der Waals surface area contributed by atoms with Crippen molar-refractivity contribution in [1.29, 1.82) is 5.26 Å². The monoisotopic (exact) mass is 510 g/mol. The van der Waals surface area contributed by atoms with Crippen LogP contribution in [0.15, 0.2) is 0 Å². The number of carbonyl (C=O) groups is 4. The highest BCUT2D eigenvalue weighted by atomic mass is 19.4. The number of nitriles is 1. The maximum Gasteiger partial charge on any atom is 0.471 e. The van der Waals surface area contributed by atoms with Crippen molar-refractivity contribution in [3.63, 3.8) is 0 Å². The Bertz CT molecular complexity index is 1310. The predicted octanol–water partition coefficient (Wildman–Crippen LogP) is 1.10. The molecule has 12 heteroatoms. The highest BCUT2D eigenvalue weighted by molar-refractivity contribution is 5.95. The van der Waals surface area contributed by atoms with Crippen LogP contribution >= 0.6 is 0 Å². The number of likely N-dealkylation sites (tertiary alicyclic amines) is 1. The van der Waals surface area contributed by atoms with E-state index in [4.69, 9.17) is 13.7 Å². The smallest absolute Gasteiger partial charge is 0.356 e. The Labute approximate surface area is 217 Å². The van der Waals surface area contributed by atoms with Gasteiger partial charge in [-0.05, 0) is 35.5 Å². The van der Waals surface area contributed by atoms with Gasteiger partial charge in [0.25, 0.3) is 0 Å². The van der Waals surface area contributed by atoms with E-state index in [1.165, 1.54) is 0 Å². The van der Waals surface area contributed by atoms with Gasteiger partial charge in [-0.15, -0.1) is 0 Å². The second-order valence-corrected chi connectivity index (χ2v) is 9.45. The fraction of sp³-hybridized carbons (Fsp3) is 0.783. The van der Waals surface area contributed by atoms with E-state index in [-0.39, 0.29) is 17.9 Å². The molecule has 1 aliphatic carbocycles. The summed E-state index contributed by atoms with van der Waals surface area (Å²) < 4.78 is 130. The van der Waals surface area contributed by atoms with Crippen LogP contribution in [0.5, 0.6) is 0 Å². The van der Waals surface area contributed by atoms with E-state index in [1.807, 2.05) is 0 Å². The first-order valence-electron chi connectivity index (χ1n) is 16.2. The maximum atomic E-state index is 14.3. The van der Waals surface area contributed by atoms with Crippen LogP contribution in [0.4, 0.5) is 13.2 Å². The van der Waals surface area contributed by atoms with Crippen molar-refractivity contribution in [2.45, 2.75) is 71.5 Å². The third-order valence-corrected chi connectivity index (χ3v) is 6.72. The Balaban J connectivity index is 2.23. The minimum absolute atomic E-state index is 0.0846. The molecular formula is C23H32F3N5O4. The molecule has 0 radical (unpaired) electrons. The van der Waals surface area contributed by atoms with Crippen LogP contribution in [-0.2, 0) is 19.2 Å². The molecule has 6 atom stereocenters. The lowest BCUT2D eigenvalue weighted by Crippen LogP contribution is -2.61. The molecule has 0 aromatic heterocycles. The molecule has 194 valence electrons. The lowest BCUT2D eigenvalue weighted by atomic mass is 9.85. The van der Waals surface area contributed by atoms with Crippen LogP contribution in [0.25, 0.3) is 0 Å². The highest BCUT2D eigenvalue weighted by Gasteiger charge is 2.70. The molecule has 9 nitrogen and oxygen atoms in total. The zero-order valence-corrected chi connectivity index (χ0v) is 18.8. The summed E-state index contributed by atoms with van der Waals surface area (Å²) in [6.07, 6.45) is -5.95. The Kier molecular flexibility index (Phi) is 3.93. The van der Waals surface area contributed by atoms with E-state index in [0.717, 1.165) is 5.32 Å². The van der Waals surface area contributed by atoms with Crippen LogP contribution in [0.1, 0.15) is 62.3 Å². The topological polar surface area (TPSA) is 131 Å². The first-order chi connectivity index (χ1) is 20.5. The van der Waals surface area contributed by atoms with Gasteiger partial charge in [-0.25, -0.2) is 0 Å². The van der Waals surface area contributed by atoms with Gasteiger partial charge >= 0.3 is 12.1 Å². The van der Waals surface area contributed by atoms with E-state index in [0.29, 0.717) is 6.42 Å². The van der Waals surface area contributed by atoms with E-state index in [2.05, 4.69) is 10.6 Å². The second kappa shape index (κ2) is 8.99. The van der Waals surface area contributed by atoms with Crippen LogP contribution < -0.4 is 16.0 Å². The fourth-order valence-electron chi connectivity index (χ4n) is 4.70. The number of rotatable bonds is 6. The average Bonchev–Trinajstić information content (AvgIpc) is 3.11. The number of halogens is 3. The molecule has 3 fully saturated rings. The molecule has 3 N–H and O–H groups in total. The molecule has 0 aromatic carbocycles. The van der Waals surface area contributed by atoms with Gasteiger partial charge < -0.3 is 20.9 Å². The zero-order chi connectivity index (χ0) is 35.9. The van der Waals surface area contributed by atoms with Gasteiger partial charge in [-0.1, -0.05) is 34.4 Å². The summed E-state index contributed by atoms with van der Waals surface area (Å²) in [6, 6.07) is -7.42. The average molecular weight is 511 g/mol. The summed E-state index contributed by atoms with van der Waals surface area (Å²) in [5, 5.41) is 15.1. The van der Waals surface area contributed by atoms with Gasteiger partial charge in [0.15, 0.2) is 0 Å². The summed E-state index contributed by atoms with van der Waals surface area (Å²) in [5.41, 5.74) is -5.69. The van der Waals surface area contributed by atoms with Crippen molar-refractivity contribution in [2.75, 3.05) is 13.1 Å². The van der Waals surface area contributed by atoms with Crippen LogP contribution in [-0.4, -0.2) is 65.9 Å². The number of hydrogen-bond donors (Lipinski definition) is 3. The van der Waals surface area contributed by atoms with Crippen molar-refractivity contribution in [1.82, 2.24) is 20.9 Å². The molecule has 0 bridgehead atoms. The molecule has 2 saturated heterocycles. The normalized spacial score (nSPS) is 37.6. The summed E-state index contributed by atoms with van der Waals surface area (Å²) in [6.45, 7) is -10.8. The summed E-state index contributed by atoms with van der Waals surface area (Å²) in [4.78, 5) is 52.4. The highest BCUT2D eigenvalue weighted by Crippen LogP contribution is 2.65. The van der Waals surface area contributed by atoms with Crippen molar-refractivity contribution in [3.8, 4) is 6.07 Å². The third-order valence-electron chi connectivity index (χ3n) is 6.72. The van der Waals surface area contributed by atoms with E-state index < -0.39 is 104 Å². The molecule has 4 amide bonds. The lowest BCUT2D eigenvalue weighted by Gasteiger charge is -2.37. The standard InChI is InChI=1S/C23H32F3N5O4/c1-21(2,3)16(30-20(35)23(24,25)26)19(34)31-10-13-14(22(13,4)5)15(31)18(33)29-12(9-27)8-11-6-7-28-17(11)32/h11-16H,6-8,10H2,1-5H3,(H,28,32)(H,29,33)(H,30,35)/t11-,12-,13-,14-,15-,16?/m0/s1/i1D3,2D3,3D3,15D,16D. The second-order valence-electron chi connectivity index (χ2n) is 9.45. The number of nitrogens with zero attached hydrogens (tertiary/aromatic N) is 2. The molecule has 2 heterocycles. The molecule has 3 aliphatic rings. The summed E-state index contributed by atoms with van der Waals surface area (Å²) in [7, 11) is 0. The van der Waals surface area contributed by atoms with Gasteiger partial charge in [-0.3, -0.25) is 19.2 Å². The molecule has 0 aromatic rings. The van der Waals surface area contributed by atoms with E-state index >= 15 is 0 Å². The number of nitrogens with one attached hydrogen (secondary N) is 3. The van der Waals surface area contributed by atoms with Crippen LogP contribution in [0.2, 0.25) is 0 Å². The molecule has 2 aliphatic heterocycles. The number of piperidine rings is 1. The predicted molar refractivity (Wildman–Crippen MR) is 117 cm³/mol. The Morgan fingerprint density at radius 2 is 2.00 bits per heavy atom. The molecule has 35 heavy (non-hydrogen) atoms. The molecule has 1 unspecified atom stereocenters. The van der Waals surface area contributed by atoms with E-state index in [9.17, 15) is 39.0 Å². The van der Waals surface area contributed by atoms with Crippen LogP contribution in [0, 0.1) is 39.9 Å². The SMILES string of the molecule is [2H]C([2H])([2H])C(C([2H])([2H])[2H])(C([2H])([2H])[2H])C([2H])(NC(=O)C(F)(F)F)C(=O)N1C[C@H]2[C@H](C2(C)C)[C@@]1([2H])C(=O)N[C@H](C#N)C[C@@H]1CCNC1=O. The van der Waals surface area contributed by atoms with Gasteiger partial charge in [0, 0.05) is 31.3 Å².